The summed E-state index contributed by atoms with van der Waals surface area (Å²) in [7, 11) is 1.88. The van der Waals surface area contributed by atoms with Crippen molar-refractivity contribution in [2.75, 3.05) is 33.2 Å². The van der Waals surface area contributed by atoms with Gasteiger partial charge in [0.25, 0.3) is 5.91 Å². The van der Waals surface area contributed by atoms with Gasteiger partial charge in [-0.3, -0.25) is 14.4 Å². The highest BCUT2D eigenvalue weighted by Crippen LogP contribution is 2.27. The lowest BCUT2D eigenvalue weighted by Crippen LogP contribution is -2.39. The molecule has 1 unspecified atom stereocenters. The molecule has 1 amide bonds. The van der Waals surface area contributed by atoms with Crippen LogP contribution in [0, 0.1) is 5.92 Å². The minimum absolute atomic E-state index is 0.0301. The number of amides is 1. The topological polar surface area (TPSA) is 75.5 Å². The van der Waals surface area contributed by atoms with Gasteiger partial charge in [0, 0.05) is 37.4 Å². The van der Waals surface area contributed by atoms with E-state index in [1.807, 2.05) is 84.1 Å². The standard InChI is InChI=1S/C35H40N4O3/c1-3-30(40)25-39-32-17-11-10-16-31(32)36-34(39)33(41)27-18-21-38(22-19-27)23-20-29(26-12-6-4-7-13-26)24-37(2)35(42)28-14-8-5-9-15-28/h4-17,27,29H,3,18-25H2,1-2H3. The lowest BCUT2D eigenvalue weighted by Gasteiger charge is -2.33. The molecule has 7 nitrogen and oxygen atoms in total. The van der Waals surface area contributed by atoms with Gasteiger partial charge in [-0.1, -0.05) is 67.6 Å². The molecule has 218 valence electrons. The highest BCUT2D eigenvalue weighted by Gasteiger charge is 2.30. The van der Waals surface area contributed by atoms with E-state index in [1.54, 1.807) is 0 Å². The van der Waals surface area contributed by atoms with Crippen LogP contribution >= 0.6 is 0 Å². The summed E-state index contributed by atoms with van der Waals surface area (Å²) in [6.07, 6.45) is 2.89. The molecule has 1 saturated heterocycles. The zero-order valence-corrected chi connectivity index (χ0v) is 24.6. The molecule has 3 aromatic carbocycles. The Kier molecular flexibility index (Phi) is 9.59. The van der Waals surface area contributed by atoms with Crippen molar-refractivity contribution in [1.82, 2.24) is 19.4 Å². The number of fused-ring (bicyclic) bond motifs is 1. The molecule has 0 N–H and O–H groups in total. The molecule has 42 heavy (non-hydrogen) atoms. The first-order valence-corrected chi connectivity index (χ1v) is 15.0. The summed E-state index contributed by atoms with van der Waals surface area (Å²) in [5.41, 5.74) is 3.52. The van der Waals surface area contributed by atoms with E-state index in [0.29, 0.717) is 24.4 Å². The van der Waals surface area contributed by atoms with Gasteiger partial charge in [-0.05, 0) is 68.7 Å². The van der Waals surface area contributed by atoms with E-state index in [4.69, 9.17) is 0 Å². The van der Waals surface area contributed by atoms with Crippen LogP contribution in [0.4, 0.5) is 0 Å². The fraction of sp³-hybridized carbons (Fsp3) is 0.371. The predicted molar refractivity (Wildman–Crippen MR) is 166 cm³/mol. The maximum absolute atomic E-state index is 13.7. The number of Topliss-reactive ketones (excluding diaryl/α,β-unsaturated/α-hetero) is 2. The van der Waals surface area contributed by atoms with Crippen molar-refractivity contribution >= 4 is 28.5 Å². The van der Waals surface area contributed by atoms with Crippen molar-refractivity contribution < 1.29 is 14.4 Å². The van der Waals surface area contributed by atoms with E-state index in [2.05, 4.69) is 34.1 Å². The van der Waals surface area contributed by atoms with Gasteiger partial charge in [0.1, 0.15) is 0 Å². The molecule has 4 aromatic rings. The quantitative estimate of drug-likeness (QED) is 0.202. The summed E-state index contributed by atoms with van der Waals surface area (Å²) >= 11 is 0. The number of likely N-dealkylation sites (tertiary alicyclic amines) is 1. The monoisotopic (exact) mass is 564 g/mol. The number of ketones is 2. The molecule has 2 heterocycles. The number of carbonyl (C=O) groups is 3. The Morgan fingerprint density at radius 3 is 2.24 bits per heavy atom. The van der Waals surface area contributed by atoms with Crippen LogP contribution in [-0.4, -0.2) is 70.1 Å². The number of nitrogens with zero attached hydrogens (tertiary/aromatic N) is 4. The zero-order chi connectivity index (χ0) is 29.5. The Hall–Kier alpha value is -4.10. The van der Waals surface area contributed by atoms with Gasteiger partial charge in [0.05, 0.1) is 17.6 Å². The maximum Gasteiger partial charge on any atom is 0.253 e. The molecule has 1 fully saturated rings. The summed E-state index contributed by atoms with van der Waals surface area (Å²) in [5.74, 6) is 0.672. The number of hydrogen-bond donors (Lipinski definition) is 0. The third-order valence-electron chi connectivity index (χ3n) is 8.49. The maximum atomic E-state index is 13.7. The van der Waals surface area contributed by atoms with E-state index < -0.39 is 0 Å². The Morgan fingerprint density at radius 1 is 0.905 bits per heavy atom. The van der Waals surface area contributed by atoms with Crippen LogP contribution < -0.4 is 0 Å². The number of imidazole rings is 1. The molecule has 1 aliphatic rings. The highest BCUT2D eigenvalue weighted by atomic mass is 16.2. The van der Waals surface area contributed by atoms with Gasteiger partial charge < -0.3 is 14.4 Å². The minimum Gasteiger partial charge on any atom is -0.341 e. The van der Waals surface area contributed by atoms with Gasteiger partial charge >= 0.3 is 0 Å². The zero-order valence-electron chi connectivity index (χ0n) is 24.6. The largest absolute Gasteiger partial charge is 0.341 e. The number of piperidine rings is 1. The summed E-state index contributed by atoms with van der Waals surface area (Å²) < 4.78 is 1.81. The predicted octanol–water partition coefficient (Wildman–Crippen LogP) is 5.86. The number of para-hydroxylation sites is 2. The molecule has 1 aromatic heterocycles. The lowest BCUT2D eigenvalue weighted by atomic mass is 9.90. The number of benzene rings is 3. The Balaban J connectivity index is 1.21. The third kappa shape index (κ3) is 6.85. The second-order valence-electron chi connectivity index (χ2n) is 11.3. The molecule has 5 rings (SSSR count). The first-order valence-electron chi connectivity index (χ1n) is 15.0. The van der Waals surface area contributed by atoms with E-state index in [9.17, 15) is 14.4 Å². The van der Waals surface area contributed by atoms with Crippen molar-refractivity contribution in [2.24, 2.45) is 5.92 Å². The van der Waals surface area contributed by atoms with Gasteiger partial charge in [0.15, 0.2) is 11.6 Å². The first-order chi connectivity index (χ1) is 20.4. The molecule has 0 radical (unpaired) electrons. The van der Waals surface area contributed by atoms with Gasteiger partial charge in [-0.25, -0.2) is 4.98 Å². The second-order valence-corrected chi connectivity index (χ2v) is 11.3. The van der Waals surface area contributed by atoms with Crippen molar-refractivity contribution in [3.05, 3.63) is 102 Å². The average molecular weight is 565 g/mol. The van der Waals surface area contributed by atoms with Crippen molar-refractivity contribution in [3.63, 3.8) is 0 Å². The first kappa shape index (κ1) is 29.4. The van der Waals surface area contributed by atoms with Crippen LogP contribution in [0.15, 0.2) is 84.9 Å². The average Bonchev–Trinajstić information content (AvgIpc) is 3.41. The number of hydrogen-bond acceptors (Lipinski definition) is 5. The minimum atomic E-state index is -0.104. The van der Waals surface area contributed by atoms with Crippen molar-refractivity contribution in [3.8, 4) is 0 Å². The third-order valence-corrected chi connectivity index (χ3v) is 8.49. The number of likely N-dealkylation sites (N-methyl/N-ethyl adjacent to an activating group) is 1. The van der Waals surface area contributed by atoms with Gasteiger partial charge in [0.2, 0.25) is 5.78 Å². The molecule has 7 heteroatoms. The number of carbonyl (C=O) groups excluding carboxylic acids is 3. The van der Waals surface area contributed by atoms with Crippen LogP contribution in [0.1, 0.15) is 65.1 Å². The highest BCUT2D eigenvalue weighted by molar-refractivity contribution is 5.99. The molecular formula is C35H40N4O3. The summed E-state index contributed by atoms with van der Waals surface area (Å²) in [6, 6.07) is 27.5. The van der Waals surface area contributed by atoms with E-state index >= 15 is 0 Å². The molecule has 0 saturated carbocycles. The van der Waals surface area contributed by atoms with Gasteiger partial charge in [-0.2, -0.15) is 0 Å². The van der Waals surface area contributed by atoms with Crippen LogP contribution in [0.2, 0.25) is 0 Å². The van der Waals surface area contributed by atoms with E-state index in [1.165, 1.54) is 5.56 Å². The Labute approximate surface area is 248 Å². The van der Waals surface area contributed by atoms with Crippen LogP contribution in [-0.2, 0) is 11.3 Å². The van der Waals surface area contributed by atoms with Gasteiger partial charge in [-0.15, -0.1) is 0 Å². The molecule has 0 aliphatic carbocycles. The Morgan fingerprint density at radius 2 is 1.55 bits per heavy atom. The number of aromatic nitrogens is 2. The summed E-state index contributed by atoms with van der Waals surface area (Å²) in [5, 5.41) is 0. The fourth-order valence-corrected chi connectivity index (χ4v) is 5.95. The molecule has 1 atom stereocenters. The molecule has 1 aliphatic heterocycles. The van der Waals surface area contributed by atoms with E-state index in [-0.39, 0.29) is 35.9 Å². The molecular weight excluding hydrogens is 524 g/mol. The van der Waals surface area contributed by atoms with Crippen LogP contribution in [0.3, 0.4) is 0 Å². The van der Waals surface area contributed by atoms with Crippen molar-refractivity contribution in [2.45, 2.75) is 45.1 Å². The summed E-state index contributed by atoms with van der Waals surface area (Å²) in [6.45, 7) is 5.24. The lowest BCUT2D eigenvalue weighted by molar-refractivity contribution is -0.119. The van der Waals surface area contributed by atoms with Crippen LogP contribution in [0.25, 0.3) is 11.0 Å². The smallest absolute Gasteiger partial charge is 0.253 e. The molecule has 0 bridgehead atoms. The second kappa shape index (κ2) is 13.7. The SMILES string of the molecule is CCC(=O)Cn1c(C(=O)C2CCN(CCC(CN(C)C(=O)c3ccccc3)c3ccccc3)CC2)nc2ccccc21. The van der Waals surface area contributed by atoms with Crippen LogP contribution in [0.5, 0.6) is 0 Å². The van der Waals surface area contributed by atoms with E-state index in [0.717, 1.165) is 49.9 Å². The normalized spacial score (nSPS) is 15.0. The fourth-order valence-electron chi connectivity index (χ4n) is 5.95. The summed E-state index contributed by atoms with van der Waals surface area (Å²) in [4.78, 5) is 48.0. The number of rotatable bonds is 12. The Bertz CT molecular complexity index is 1510. The van der Waals surface area contributed by atoms with Crippen molar-refractivity contribution in [1.29, 1.82) is 0 Å². The molecule has 0 spiro atoms.